The number of benzene rings is 1. The van der Waals surface area contributed by atoms with Gasteiger partial charge in [-0.15, -0.1) is 0 Å². The Morgan fingerprint density at radius 1 is 0.941 bits per heavy atom. The van der Waals surface area contributed by atoms with Crippen molar-refractivity contribution in [2.75, 3.05) is 26.2 Å². The number of nitrogens with zero attached hydrogens (tertiary/aromatic N) is 1. The Balaban J connectivity index is 0.00000274. The lowest BCUT2D eigenvalue weighted by molar-refractivity contribution is -0.122. The van der Waals surface area contributed by atoms with E-state index < -0.39 is 0 Å². The van der Waals surface area contributed by atoms with Gasteiger partial charge in [-0.25, -0.2) is 0 Å². The molecule has 0 bridgehead atoms. The van der Waals surface area contributed by atoms with Crippen LogP contribution in [0.3, 0.4) is 0 Å². The average Bonchev–Trinajstić information content (AvgIpc) is 3.22. The van der Waals surface area contributed by atoms with Crippen molar-refractivity contribution < 1.29 is 4.79 Å². The second-order valence-electron chi connectivity index (χ2n) is 10.7. The van der Waals surface area contributed by atoms with Crippen molar-refractivity contribution in [3.8, 4) is 0 Å². The van der Waals surface area contributed by atoms with E-state index in [4.69, 9.17) is 0 Å². The number of carbonyl (C=O) groups excluding carboxylic acids is 1. The number of rotatable bonds is 7. The van der Waals surface area contributed by atoms with Crippen molar-refractivity contribution in [3.05, 3.63) is 36.0 Å². The van der Waals surface area contributed by atoms with E-state index in [1.54, 1.807) is 0 Å². The summed E-state index contributed by atoms with van der Waals surface area (Å²) in [5.74, 6) is 1.91. The second-order valence-corrected chi connectivity index (χ2v) is 10.7. The first-order valence-electron chi connectivity index (χ1n) is 13.6. The van der Waals surface area contributed by atoms with Crippen LogP contribution in [0.1, 0.15) is 83.1 Å². The maximum absolute atomic E-state index is 13.2. The lowest BCUT2D eigenvalue weighted by Crippen LogP contribution is -2.43. The van der Waals surface area contributed by atoms with Crippen LogP contribution in [0.5, 0.6) is 0 Å². The number of aromatic nitrogens is 1. The summed E-state index contributed by atoms with van der Waals surface area (Å²) in [5, 5.41) is 11.7. The first-order valence-corrected chi connectivity index (χ1v) is 13.6. The summed E-state index contributed by atoms with van der Waals surface area (Å²) in [6.07, 6.45) is 14.3. The fourth-order valence-corrected chi connectivity index (χ4v) is 6.60. The van der Waals surface area contributed by atoms with Gasteiger partial charge in [0.25, 0.3) is 0 Å². The summed E-state index contributed by atoms with van der Waals surface area (Å²) >= 11 is 0. The number of carbonyl (C=O) groups is 1. The highest BCUT2D eigenvalue weighted by atomic mass is 16.1. The number of nitrogens with one attached hydrogen (secondary N) is 3. The minimum atomic E-state index is 0. The zero-order valence-electron chi connectivity index (χ0n) is 20.2. The van der Waals surface area contributed by atoms with Crippen molar-refractivity contribution in [1.29, 1.82) is 0 Å². The molecule has 3 aliphatic rings. The molecule has 1 unspecified atom stereocenters. The minimum absolute atomic E-state index is 0. The van der Waals surface area contributed by atoms with Crippen molar-refractivity contribution in [2.45, 2.75) is 90.1 Å². The molecular weight excluding hydrogens is 420 g/mol. The van der Waals surface area contributed by atoms with Gasteiger partial charge in [0.15, 0.2) is 0 Å². The summed E-state index contributed by atoms with van der Waals surface area (Å²) in [6.45, 7) is 5.28. The quantitative estimate of drug-likeness (QED) is 0.526. The molecule has 1 saturated carbocycles. The van der Waals surface area contributed by atoms with Crippen LogP contribution in [-0.2, 0) is 11.3 Å². The molecule has 3 heterocycles. The zero-order valence-corrected chi connectivity index (χ0v) is 20.2. The smallest absolute Gasteiger partial charge is 0.220 e. The zero-order chi connectivity index (χ0) is 22.5. The molecule has 1 aromatic heterocycles. The molecule has 1 atom stereocenters. The van der Waals surface area contributed by atoms with Crippen LogP contribution in [0.4, 0.5) is 0 Å². The number of piperidine rings is 2. The first-order chi connectivity index (χ1) is 16.3. The molecule has 34 heavy (non-hydrogen) atoms. The lowest BCUT2D eigenvalue weighted by Gasteiger charge is -2.31. The lowest BCUT2D eigenvalue weighted by atomic mass is 9.78. The molecule has 2 aliphatic heterocycles. The SMILES string of the molecule is C.O=C(CC(c1cn(CC2CCCCC2)c2ccccc12)C1CCNCC1)NC1CCNCC1. The average molecular weight is 467 g/mol. The van der Waals surface area contributed by atoms with Crippen LogP contribution in [0.2, 0.25) is 0 Å². The van der Waals surface area contributed by atoms with E-state index in [1.165, 1.54) is 48.6 Å². The Labute approximate surface area is 206 Å². The van der Waals surface area contributed by atoms with Crippen LogP contribution in [-0.4, -0.2) is 42.7 Å². The fourth-order valence-electron chi connectivity index (χ4n) is 6.60. The van der Waals surface area contributed by atoms with Crippen molar-refractivity contribution in [1.82, 2.24) is 20.5 Å². The van der Waals surface area contributed by atoms with Crippen molar-refractivity contribution in [3.63, 3.8) is 0 Å². The van der Waals surface area contributed by atoms with Gasteiger partial charge in [-0.2, -0.15) is 0 Å². The first kappa shape index (κ1) is 25.2. The van der Waals surface area contributed by atoms with Crippen LogP contribution >= 0.6 is 0 Å². The number of amides is 1. The molecule has 5 nitrogen and oxygen atoms in total. The molecular formula is C29H46N4O. The maximum Gasteiger partial charge on any atom is 0.220 e. The topological polar surface area (TPSA) is 58.1 Å². The third-order valence-corrected chi connectivity index (χ3v) is 8.46. The molecule has 2 saturated heterocycles. The van der Waals surface area contributed by atoms with E-state index in [0.29, 0.717) is 24.3 Å². The Morgan fingerprint density at radius 2 is 1.62 bits per heavy atom. The van der Waals surface area contributed by atoms with Gasteiger partial charge in [0.1, 0.15) is 0 Å². The molecule has 0 radical (unpaired) electrons. The van der Waals surface area contributed by atoms with Crippen LogP contribution in [0.25, 0.3) is 10.9 Å². The van der Waals surface area contributed by atoms with E-state index in [0.717, 1.165) is 64.3 Å². The van der Waals surface area contributed by atoms with E-state index >= 15 is 0 Å². The predicted molar refractivity (Wildman–Crippen MR) is 142 cm³/mol. The summed E-state index contributed by atoms with van der Waals surface area (Å²) < 4.78 is 2.53. The monoisotopic (exact) mass is 466 g/mol. The number of fused-ring (bicyclic) bond motifs is 1. The minimum Gasteiger partial charge on any atom is -0.353 e. The van der Waals surface area contributed by atoms with Gasteiger partial charge in [-0.3, -0.25) is 4.79 Å². The summed E-state index contributed by atoms with van der Waals surface area (Å²) in [6, 6.07) is 9.26. The maximum atomic E-state index is 13.2. The van der Waals surface area contributed by atoms with Gasteiger partial charge in [-0.1, -0.05) is 44.9 Å². The van der Waals surface area contributed by atoms with Crippen LogP contribution in [0, 0.1) is 11.8 Å². The van der Waals surface area contributed by atoms with Gasteiger partial charge in [0.2, 0.25) is 5.91 Å². The highest BCUT2D eigenvalue weighted by Crippen LogP contribution is 2.39. The van der Waals surface area contributed by atoms with E-state index in [2.05, 4.69) is 51.0 Å². The van der Waals surface area contributed by atoms with E-state index in [1.807, 2.05) is 0 Å². The molecule has 2 aromatic rings. The summed E-state index contributed by atoms with van der Waals surface area (Å²) in [5.41, 5.74) is 2.77. The molecule has 0 spiro atoms. The number of para-hydroxylation sites is 1. The Kier molecular flexibility index (Phi) is 9.07. The van der Waals surface area contributed by atoms with Gasteiger partial charge < -0.3 is 20.5 Å². The second kappa shape index (κ2) is 12.2. The van der Waals surface area contributed by atoms with Crippen LogP contribution < -0.4 is 16.0 Å². The summed E-state index contributed by atoms with van der Waals surface area (Å²) in [4.78, 5) is 13.2. The highest BCUT2D eigenvalue weighted by Gasteiger charge is 2.30. The highest BCUT2D eigenvalue weighted by molar-refractivity contribution is 5.86. The third kappa shape index (κ3) is 6.04. The molecule has 1 aromatic carbocycles. The van der Waals surface area contributed by atoms with Gasteiger partial charge in [0.05, 0.1) is 0 Å². The molecule has 1 aliphatic carbocycles. The van der Waals surface area contributed by atoms with Gasteiger partial charge >= 0.3 is 0 Å². The van der Waals surface area contributed by atoms with Gasteiger partial charge in [0, 0.05) is 36.1 Å². The summed E-state index contributed by atoms with van der Waals surface area (Å²) in [7, 11) is 0. The Hall–Kier alpha value is -1.85. The molecule has 1 amide bonds. The van der Waals surface area contributed by atoms with Crippen molar-refractivity contribution >= 4 is 16.8 Å². The predicted octanol–water partition coefficient (Wildman–Crippen LogP) is 5.20. The molecule has 5 heteroatoms. The molecule has 3 fully saturated rings. The van der Waals surface area contributed by atoms with Gasteiger partial charge in [-0.05, 0) is 94.1 Å². The normalized spacial score (nSPS) is 21.8. The van der Waals surface area contributed by atoms with Crippen molar-refractivity contribution in [2.24, 2.45) is 11.8 Å². The molecule has 188 valence electrons. The standard InChI is InChI=1S/C28H42N4O.CH4/c33-28(31-23-12-16-30-17-13-23)18-25(22-10-14-29-15-11-22)26-20-32(19-21-6-2-1-3-7-21)27-9-5-4-8-24(26)27;/h4-5,8-9,20-23,25,29-30H,1-3,6-7,10-19H2,(H,31,33);1H4. The Morgan fingerprint density at radius 3 is 2.35 bits per heavy atom. The van der Waals surface area contributed by atoms with E-state index in [9.17, 15) is 4.79 Å². The third-order valence-electron chi connectivity index (χ3n) is 8.46. The van der Waals surface area contributed by atoms with Crippen LogP contribution in [0.15, 0.2) is 30.5 Å². The molecule has 5 rings (SSSR count). The number of hydrogen-bond donors (Lipinski definition) is 3. The van der Waals surface area contributed by atoms with E-state index in [-0.39, 0.29) is 13.3 Å². The Bertz CT molecular complexity index is 904. The fraction of sp³-hybridized carbons (Fsp3) is 0.690. The molecule has 3 N–H and O–H groups in total. The largest absolute Gasteiger partial charge is 0.353 e. The number of hydrogen-bond acceptors (Lipinski definition) is 3.